The summed E-state index contributed by atoms with van der Waals surface area (Å²) in [5, 5.41) is 2.05. The Balaban J connectivity index is 1.62. The summed E-state index contributed by atoms with van der Waals surface area (Å²) in [5.41, 5.74) is -5.16. The van der Waals surface area contributed by atoms with Crippen molar-refractivity contribution in [3.05, 3.63) is 53.1 Å². The largest absolute Gasteiger partial charge is 0.417 e. The predicted molar refractivity (Wildman–Crippen MR) is 120 cm³/mol. The van der Waals surface area contributed by atoms with Crippen LogP contribution < -0.4 is 10.2 Å². The van der Waals surface area contributed by atoms with Gasteiger partial charge in [0, 0.05) is 0 Å². The molecule has 0 radical (unpaired) electrons. The van der Waals surface area contributed by atoms with Gasteiger partial charge in [-0.2, -0.15) is 26.3 Å². The average Bonchev–Trinajstić information content (AvgIpc) is 3.11. The number of fused-ring (bicyclic) bond motifs is 4. The molecule has 0 spiro atoms. The fourth-order valence-corrected chi connectivity index (χ4v) is 5.58. The van der Waals surface area contributed by atoms with Gasteiger partial charge in [0.05, 0.1) is 40.5 Å². The Hall–Kier alpha value is -3.70. The van der Waals surface area contributed by atoms with Crippen molar-refractivity contribution in [3.63, 3.8) is 0 Å². The van der Waals surface area contributed by atoms with Gasteiger partial charge in [0.2, 0.25) is 23.6 Å². The zero-order valence-electron chi connectivity index (χ0n) is 20.1. The standard InChI is InChI=1S/C26H20F6N2O4/c1-24(2,3)10-4-6-12(14(8-10)25(27,28)29)13-7-5-11(9-15(13)26(30,31)32)34-22(37)18-16-17(19(18)23(34)38)21(36)33-20(16)35/h4-9,16-19H,1-3H3,(H,33,35,36). The van der Waals surface area contributed by atoms with Crippen molar-refractivity contribution in [2.24, 2.45) is 23.7 Å². The number of halogens is 6. The van der Waals surface area contributed by atoms with Gasteiger partial charge in [0.1, 0.15) is 0 Å². The van der Waals surface area contributed by atoms with Crippen LogP contribution in [0.4, 0.5) is 32.0 Å². The first-order chi connectivity index (χ1) is 17.4. The second-order valence-corrected chi connectivity index (χ2v) is 10.7. The number of rotatable bonds is 2. The molecule has 1 saturated carbocycles. The Kier molecular flexibility index (Phi) is 5.39. The first kappa shape index (κ1) is 25.9. The lowest BCUT2D eigenvalue weighted by atomic mass is 9.59. The molecule has 2 aromatic rings. The molecule has 1 aliphatic carbocycles. The second kappa shape index (κ2) is 7.90. The molecule has 4 atom stereocenters. The van der Waals surface area contributed by atoms with Crippen LogP contribution in [0.25, 0.3) is 11.1 Å². The van der Waals surface area contributed by atoms with Crippen LogP contribution in [0.3, 0.4) is 0 Å². The molecular formula is C26H20F6N2O4. The Labute approximate surface area is 212 Å². The quantitative estimate of drug-likeness (QED) is 0.444. The molecule has 2 saturated heterocycles. The van der Waals surface area contributed by atoms with Crippen LogP contribution in [-0.2, 0) is 36.9 Å². The van der Waals surface area contributed by atoms with Crippen LogP contribution in [0.15, 0.2) is 36.4 Å². The van der Waals surface area contributed by atoms with E-state index in [0.29, 0.717) is 11.0 Å². The predicted octanol–water partition coefficient (Wildman–Crippen LogP) is 4.70. The summed E-state index contributed by atoms with van der Waals surface area (Å²) < 4.78 is 84.5. The molecular weight excluding hydrogens is 518 g/mol. The molecule has 2 aliphatic heterocycles. The van der Waals surface area contributed by atoms with Gasteiger partial charge in [0.15, 0.2) is 0 Å². The third kappa shape index (κ3) is 3.71. The topological polar surface area (TPSA) is 83.6 Å². The van der Waals surface area contributed by atoms with Crippen LogP contribution in [0.5, 0.6) is 0 Å². The number of imide groups is 2. The minimum atomic E-state index is -5.14. The summed E-state index contributed by atoms with van der Waals surface area (Å²) in [6.07, 6.45) is -10.1. The number of carbonyl (C=O) groups is 4. The molecule has 1 N–H and O–H groups in total. The molecule has 3 fully saturated rings. The molecule has 200 valence electrons. The molecule has 12 heteroatoms. The molecule has 0 bridgehead atoms. The van der Waals surface area contributed by atoms with Gasteiger partial charge in [-0.1, -0.05) is 39.0 Å². The van der Waals surface area contributed by atoms with Crippen molar-refractivity contribution in [2.75, 3.05) is 4.90 Å². The molecule has 4 amide bonds. The van der Waals surface area contributed by atoms with Gasteiger partial charge in [-0.05, 0) is 40.3 Å². The summed E-state index contributed by atoms with van der Waals surface area (Å²) >= 11 is 0. The SMILES string of the molecule is CC(C)(C)c1ccc(-c2ccc(N3C(=O)C4C5C(=O)NC(=O)C5C4C3=O)cc2C(F)(F)F)c(C(F)(F)F)c1. The molecule has 2 aromatic carbocycles. The third-order valence-electron chi connectivity index (χ3n) is 7.46. The molecule has 2 heterocycles. The maximum Gasteiger partial charge on any atom is 0.417 e. The number of amides is 4. The highest BCUT2D eigenvalue weighted by atomic mass is 19.4. The van der Waals surface area contributed by atoms with Crippen LogP contribution in [0.2, 0.25) is 0 Å². The number of anilines is 1. The average molecular weight is 538 g/mol. The number of hydrogen-bond acceptors (Lipinski definition) is 4. The van der Waals surface area contributed by atoms with E-state index in [9.17, 15) is 45.5 Å². The molecule has 4 unspecified atom stereocenters. The molecule has 38 heavy (non-hydrogen) atoms. The Morgan fingerprint density at radius 1 is 0.658 bits per heavy atom. The first-order valence-electron chi connectivity index (χ1n) is 11.6. The molecule has 5 rings (SSSR count). The summed E-state index contributed by atoms with van der Waals surface area (Å²) in [7, 11) is 0. The lowest BCUT2D eigenvalue weighted by Gasteiger charge is -2.36. The van der Waals surface area contributed by atoms with E-state index in [-0.39, 0.29) is 5.56 Å². The van der Waals surface area contributed by atoms with E-state index in [2.05, 4.69) is 0 Å². The third-order valence-corrected chi connectivity index (χ3v) is 7.46. The number of nitrogens with one attached hydrogen (secondary N) is 1. The second-order valence-electron chi connectivity index (χ2n) is 10.7. The van der Waals surface area contributed by atoms with E-state index in [0.717, 1.165) is 24.3 Å². The van der Waals surface area contributed by atoms with E-state index in [4.69, 9.17) is 0 Å². The fraction of sp³-hybridized carbons (Fsp3) is 0.385. The van der Waals surface area contributed by atoms with Gasteiger partial charge >= 0.3 is 12.4 Å². The zero-order chi connectivity index (χ0) is 28.1. The van der Waals surface area contributed by atoms with Crippen LogP contribution in [0, 0.1) is 23.7 Å². The highest BCUT2D eigenvalue weighted by Gasteiger charge is 2.71. The van der Waals surface area contributed by atoms with Gasteiger partial charge in [-0.3, -0.25) is 24.5 Å². The molecule has 0 aromatic heterocycles. The minimum absolute atomic E-state index is 0.270. The number of alkyl halides is 6. The number of benzene rings is 2. The van der Waals surface area contributed by atoms with Gasteiger partial charge in [-0.15, -0.1) is 0 Å². The van der Waals surface area contributed by atoms with Gasteiger partial charge in [-0.25, -0.2) is 4.90 Å². The Morgan fingerprint density at radius 2 is 1.11 bits per heavy atom. The van der Waals surface area contributed by atoms with Crippen LogP contribution in [-0.4, -0.2) is 23.6 Å². The van der Waals surface area contributed by atoms with Crippen molar-refractivity contribution in [1.82, 2.24) is 5.32 Å². The summed E-state index contributed by atoms with van der Waals surface area (Å²) in [4.78, 5) is 50.5. The maximum atomic E-state index is 14.2. The van der Waals surface area contributed by atoms with Crippen molar-refractivity contribution >= 4 is 29.3 Å². The fourth-order valence-electron chi connectivity index (χ4n) is 5.58. The van der Waals surface area contributed by atoms with E-state index < -0.39 is 93.0 Å². The normalized spacial score (nSPS) is 25.3. The molecule has 3 aliphatic rings. The summed E-state index contributed by atoms with van der Waals surface area (Å²) in [6.45, 7) is 5.00. The number of carbonyl (C=O) groups excluding carboxylic acids is 4. The van der Waals surface area contributed by atoms with Gasteiger partial charge in [0.25, 0.3) is 0 Å². The van der Waals surface area contributed by atoms with E-state index in [1.807, 2.05) is 5.32 Å². The Morgan fingerprint density at radius 3 is 1.55 bits per heavy atom. The lowest BCUT2D eigenvalue weighted by Crippen LogP contribution is -2.50. The van der Waals surface area contributed by atoms with Crippen molar-refractivity contribution in [1.29, 1.82) is 0 Å². The van der Waals surface area contributed by atoms with E-state index in [1.165, 1.54) is 6.07 Å². The minimum Gasteiger partial charge on any atom is -0.296 e. The van der Waals surface area contributed by atoms with Crippen molar-refractivity contribution in [2.45, 2.75) is 38.5 Å². The highest BCUT2D eigenvalue weighted by molar-refractivity contribution is 6.27. The van der Waals surface area contributed by atoms with E-state index >= 15 is 0 Å². The van der Waals surface area contributed by atoms with Crippen LogP contribution in [0.1, 0.15) is 37.5 Å². The first-order valence-corrected chi connectivity index (χ1v) is 11.6. The summed E-state index contributed by atoms with van der Waals surface area (Å²) in [5.74, 6) is -7.85. The zero-order valence-corrected chi connectivity index (χ0v) is 20.1. The smallest absolute Gasteiger partial charge is 0.296 e. The number of hydrogen-bond donors (Lipinski definition) is 1. The van der Waals surface area contributed by atoms with E-state index in [1.54, 1.807) is 20.8 Å². The summed E-state index contributed by atoms with van der Waals surface area (Å²) in [6, 6.07) is 5.32. The maximum absolute atomic E-state index is 14.2. The van der Waals surface area contributed by atoms with Crippen LogP contribution >= 0.6 is 0 Å². The lowest BCUT2D eigenvalue weighted by molar-refractivity contribution is -0.146. The highest BCUT2D eigenvalue weighted by Crippen LogP contribution is 2.55. The van der Waals surface area contributed by atoms with Crippen molar-refractivity contribution in [3.8, 4) is 11.1 Å². The molecule has 6 nitrogen and oxygen atoms in total. The van der Waals surface area contributed by atoms with Crippen molar-refractivity contribution < 1.29 is 45.5 Å². The number of nitrogens with zero attached hydrogens (tertiary/aromatic N) is 1. The monoisotopic (exact) mass is 538 g/mol. The Bertz CT molecular complexity index is 1380. The van der Waals surface area contributed by atoms with Gasteiger partial charge < -0.3 is 0 Å².